The van der Waals surface area contributed by atoms with Crippen LogP contribution in [0.15, 0.2) is 4.99 Å². The van der Waals surface area contributed by atoms with Crippen molar-refractivity contribution in [3.63, 3.8) is 0 Å². The molecule has 0 unspecified atom stereocenters. The lowest BCUT2D eigenvalue weighted by Crippen LogP contribution is -2.32. The van der Waals surface area contributed by atoms with Crippen molar-refractivity contribution in [1.82, 2.24) is 4.90 Å². The van der Waals surface area contributed by atoms with Gasteiger partial charge >= 0.3 is 0 Å². The zero-order chi connectivity index (χ0) is 9.44. The number of hydrogen-bond acceptors (Lipinski definition) is 2. The van der Waals surface area contributed by atoms with Crippen LogP contribution in [-0.4, -0.2) is 37.7 Å². The first kappa shape index (κ1) is 17.0. The van der Waals surface area contributed by atoms with Crippen LogP contribution in [0.5, 0.6) is 0 Å². The van der Waals surface area contributed by atoms with E-state index in [-0.39, 0.29) is 24.3 Å². The Morgan fingerprint density at radius 2 is 1.75 bits per heavy atom. The Labute approximate surface area is 77.5 Å². The molecular formula is C5H14ClN5O. The monoisotopic (exact) mass is 195 g/mol. The van der Waals surface area contributed by atoms with Crippen LogP contribution in [0.25, 0.3) is 0 Å². The van der Waals surface area contributed by atoms with E-state index in [2.05, 4.69) is 4.99 Å². The van der Waals surface area contributed by atoms with Crippen molar-refractivity contribution in [3.8, 4) is 0 Å². The fourth-order valence-electron chi connectivity index (χ4n) is 0.223. The SMILES string of the molecule is C=O.CN(C)C(N)=NC(=N)N.Cl. The highest BCUT2D eigenvalue weighted by Gasteiger charge is 1.92. The van der Waals surface area contributed by atoms with E-state index in [1.165, 1.54) is 0 Å². The quantitative estimate of drug-likeness (QED) is 0.340. The topological polar surface area (TPSA) is 109 Å². The number of carbonyl (C=O) groups is 1. The summed E-state index contributed by atoms with van der Waals surface area (Å²) >= 11 is 0. The number of hydrogen-bond donors (Lipinski definition) is 3. The largest absolute Gasteiger partial charge is 0.369 e. The summed E-state index contributed by atoms with van der Waals surface area (Å²) in [5, 5.41) is 6.70. The van der Waals surface area contributed by atoms with Crippen LogP contribution in [0.3, 0.4) is 0 Å². The minimum Gasteiger partial charge on any atom is -0.369 e. The van der Waals surface area contributed by atoms with Crippen molar-refractivity contribution in [1.29, 1.82) is 5.41 Å². The maximum atomic E-state index is 8.00. The van der Waals surface area contributed by atoms with Crippen molar-refractivity contribution in [3.05, 3.63) is 0 Å². The molecule has 0 saturated heterocycles. The molecule has 0 atom stereocenters. The average molecular weight is 196 g/mol. The first-order chi connectivity index (χ1) is 5.04. The highest BCUT2D eigenvalue weighted by atomic mass is 35.5. The number of nitrogens with one attached hydrogen (secondary N) is 1. The molecule has 0 aliphatic heterocycles. The summed E-state index contributed by atoms with van der Waals surface area (Å²) in [5.74, 6) is -0.0382. The fraction of sp³-hybridized carbons (Fsp3) is 0.400. The molecule has 0 rings (SSSR count). The highest BCUT2D eigenvalue weighted by Crippen LogP contribution is 1.73. The van der Waals surface area contributed by atoms with Gasteiger partial charge < -0.3 is 21.2 Å². The average Bonchev–Trinajstić information content (AvgIpc) is 1.90. The van der Waals surface area contributed by atoms with Gasteiger partial charge in [-0.15, -0.1) is 12.4 Å². The minimum absolute atomic E-state index is 0. The van der Waals surface area contributed by atoms with Crippen LogP contribution in [-0.2, 0) is 4.79 Å². The molecular weight excluding hydrogens is 182 g/mol. The van der Waals surface area contributed by atoms with Crippen molar-refractivity contribution in [2.45, 2.75) is 0 Å². The van der Waals surface area contributed by atoms with E-state index in [1.807, 2.05) is 6.79 Å². The molecule has 6 nitrogen and oxygen atoms in total. The van der Waals surface area contributed by atoms with Gasteiger partial charge in [0, 0.05) is 14.1 Å². The Bertz CT molecular complexity index is 158. The zero-order valence-electron chi connectivity index (χ0n) is 7.07. The first-order valence-electron chi connectivity index (χ1n) is 2.68. The Hall–Kier alpha value is -1.30. The summed E-state index contributed by atoms with van der Waals surface area (Å²) in [6.07, 6.45) is 0. The number of nitrogens with two attached hydrogens (primary N) is 2. The van der Waals surface area contributed by atoms with Crippen LogP contribution in [0.4, 0.5) is 0 Å². The lowest BCUT2D eigenvalue weighted by atomic mass is 10.8. The molecule has 0 heterocycles. The summed E-state index contributed by atoms with van der Waals surface area (Å²) in [6, 6.07) is 0. The van der Waals surface area contributed by atoms with Crippen LogP contribution >= 0.6 is 12.4 Å². The summed E-state index contributed by atoms with van der Waals surface area (Å²) in [6.45, 7) is 2.00. The van der Waals surface area contributed by atoms with Crippen molar-refractivity contribution < 1.29 is 4.79 Å². The Morgan fingerprint density at radius 1 is 1.42 bits per heavy atom. The number of halogens is 1. The van der Waals surface area contributed by atoms with Gasteiger partial charge in [0.1, 0.15) is 6.79 Å². The molecule has 0 spiro atoms. The van der Waals surface area contributed by atoms with Gasteiger partial charge in [-0.2, -0.15) is 4.99 Å². The molecule has 0 aliphatic rings. The predicted molar refractivity (Wildman–Crippen MR) is 51.6 cm³/mol. The molecule has 0 aromatic rings. The van der Waals surface area contributed by atoms with E-state index in [0.717, 1.165) is 0 Å². The third-order valence-corrected chi connectivity index (χ3v) is 0.693. The molecule has 0 radical (unpaired) electrons. The third-order valence-electron chi connectivity index (χ3n) is 0.693. The van der Waals surface area contributed by atoms with E-state index >= 15 is 0 Å². The maximum Gasteiger partial charge on any atom is 0.215 e. The molecule has 0 bridgehead atoms. The van der Waals surface area contributed by atoms with Gasteiger partial charge in [-0.3, -0.25) is 5.41 Å². The van der Waals surface area contributed by atoms with Crippen molar-refractivity contribution in [2.75, 3.05) is 14.1 Å². The number of carbonyl (C=O) groups excluding carboxylic acids is 1. The Balaban J connectivity index is -0.000000249. The minimum atomic E-state index is -0.277. The van der Waals surface area contributed by atoms with Crippen LogP contribution in [0.1, 0.15) is 0 Å². The molecule has 7 heteroatoms. The molecule has 0 aliphatic carbocycles. The van der Waals surface area contributed by atoms with Gasteiger partial charge in [0.05, 0.1) is 0 Å². The smallest absolute Gasteiger partial charge is 0.215 e. The van der Waals surface area contributed by atoms with Gasteiger partial charge in [-0.25, -0.2) is 0 Å². The molecule has 0 amide bonds. The Kier molecular flexibility index (Phi) is 13.7. The van der Waals surface area contributed by atoms with E-state index < -0.39 is 0 Å². The summed E-state index contributed by atoms with van der Waals surface area (Å²) in [7, 11) is 3.45. The van der Waals surface area contributed by atoms with Gasteiger partial charge in [0.2, 0.25) is 5.96 Å². The predicted octanol–water partition coefficient (Wildman–Crippen LogP) is -1.01. The third kappa shape index (κ3) is 11.5. The second-order valence-corrected chi connectivity index (χ2v) is 1.75. The van der Waals surface area contributed by atoms with Gasteiger partial charge in [0.15, 0.2) is 5.96 Å². The fourth-order valence-corrected chi connectivity index (χ4v) is 0.223. The van der Waals surface area contributed by atoms with Gasteiger partial charge in [-0.1, -0.05) is 0 Å². The van der Waals surface area contributed by atoms with E-state index in [4.69, 9.17) is 21.7 Å². The summed E-state index contributed by atoms with van der Waals surface area (Å²) < 4.78 is 0. The van der Waals surface area contributed by atoms with Crippen molar-refractivity contribution >= 4 is 31.1 Å². The van der Waals surface area contributed by atoms with Crippen LogP contribution < -0.4 is 11.5 Å². The molecule has 0 saturated carbocycles. The number of rotatable bonds is 0. The zero-order valence-corrected chi connectivity index (χ0v) is 7.89. The van der Waals surface area contributed by atoms with Gasteiger partial charge in [0.25, 0.3) is 0 Å². The normalized spacial score (nSPS) is 8.67. The number of aliphatic imine (C=N–C) groups is 1. The lowest BCUT2D eigenvalue weighted by molar-refractivity contribution is -0.0979. The number of guanidine groups is 2. The molecule has 0 aromatic heterocycles. The standard InChI is InChI=1S/C4H11N5.CH2O.ClH/c1-9(2)4(7)8-3(5)6;1-2;/h1-2H3,(H5,5,6,7,8);1H2;1H. The lowest BCUT2D eigenvalue weighted by Gasteiger charge is -2.08. The van der Waals surface area contributed by atoms with E-state index in [9.17, 15) is 0 Å². The second-order valence-electron chi connectivity index (χ2n) is 1.75. The maximum absolute atomic E-state index is 8.00. The van der Waals surface area contributed by atoms with E-state index in [1.54, 1.807) is 19.0 Å². The summed E-state index contributed by atoms with van der Waals surface area (Å²) in [4.78, 5) is 13.0. The first-order valence-corrected chi connectivity index (χ1v) is 2.68. The van der Waals surface area contributed by atoms with Crippen LogP contribution in [0, 0.1) is 5.41 Å². The van der Waals surface area contributed by atoms with Gasteiger partial charge in [-0.05, 0) is 0 Å². The molecule has 5 N–H and O–H groups in total. The molecule has 12 heavy (non-hydrogen) atoms. The molecule has 0 aromatic carbocycles. The molecule has 0 fully saturated rings. The molecule has 72 valence electrons. The second kappa shape index (κ2) is 9.70. The van der Waals surface area contributed by atoms with Crippen molar-refractivity contribution in [2.24, 2.45) is 16.5 Å². The summed E-state index contributed by atoms with van der Waals surface area (Å²) in [5.41, 5.74) is 10.2. The highest BCUT2D eigenvalue weighted by molar-refractivity contribution is 5.91. The number of nitrogens with zero attached hydrogens (tertiary/aromatic N) is 2. The van der Waals surface area contributed by atoms with Crippen LogP contribution in [0.2, 0.25) is 0 Å². The Morgan fingerprint density at radius 3 is 1.83 bits per heavy atom. The van der Waals surface area contributed by atoms with E-state index in [0.29, 0.717) is 0 Å².